The largest absolute Gasteiger partial charge is 0.466 e. The van der Waals surface area contributed by atoms with E-state index in [0.29, 0.717) is 13.2 Å². The van der Waals surface area contributed by atoms with Gasteiger partial charge in [-0.2, -0.15) is 0 Å². The molecule has 1 heterocycles. The van der Waals surface area contributed by atoms with Crippen LogP contribution in [0.3, 0.4) is 0 Å². The Bertz CT molecular complexity index is 661. The molecule has 5 nitrogen and oxygen atoms in total. The van der Waals surface area contributed by atoms with Crippen LogP contribution in [0, 0.1) is 0 Å². The van der Waals surface area contributed by atoms with Gasteiger partial charge in [0.15, 0.2) is 0 Å². The molecular formula is C17H22N2O3. The molecule has 0 aliphatic rings. The number of amides is 1. The summed E-state index contributed by atoms with van der Waals surface area (Å²) in [6, 6.07) is 10.2. The van der Waals surface area contributed by atoms with Crippen molar-refractivity contribution in [2.45, 2.75) is 39.8 Å². The van der Waals surface area contributed by atoms with E-state index in [1.807, 2.05) is 12.1 Å². The van der Waals surface area contributed by atoms with Crippen molar-refractivity contribution in [2.24, 2.45) is 0 Å². The lowest BCUT2D eigenvalue weighted by Crippen LogP contribution is -2.24. The molecule has 2 aromatic rings. The first-order valence-electron chi connectivity index (χ1n) is 7.65. The Kier molecular flexibility index (Phi) is 5.58. The molecule has 1 amide bonds. The average molecular weight is 302 g/mol. The molecule has 0 radical (unpaired) electrons. The quantitative estimate of drug-likeness (QED) is 0.800. The summed E-state index contributed by atoms with van der Waals surface area (Å²) in [5.74, 6) is -0.471. The zero-order chi connectivity index (χ0) is 15.9. The number of aromatic nitrogens is 1. The second-order valence-corrected chi connectivity index (χ2v) is 5.02. The highest BCUT2D eigenvalue weighted by Crippen LogP contribution is 2.19. The molecule has 22 heavy (non-hydrogen) atoms. The molecule has 118 valence electrons. The molecular weight excluding hydrogens is 280 g/mol. The first kappa shape index (κ1) is 16.1. The fourth-order valence-electron chi connectivity index (χ4n) is 2.51. The minimum absolute atomic E-state index is 0.121. The molecule has 0 atom stereocenters. The SMILES string of the molecule is CCOC(=O)CCC(=O)NCc1cc2ccccc2n1CC. The van der Waals surface area contributed by atoms with E-state index in [1.165, 1.54) is 10.9 Å². The van der Waals surface area contributed by atoms with Gasteiger partial charge in [-0.25, -0.2) is 0 Å². The first-order chi connectivity index (χ1) is 10.7. The summed E-state index contributed by atoms with van der Waals surface area (Å²) in [4.78, 5) is 23.0. The third-order valence-corrected chi connectivity index (χ3v) is 3.54. The number of fused-ring (bicyclic) bond motifs is 1. The molecule has 0 fully saturated rings. The fourth-order valence-corrected chi connectivity index (χ4v) is 2.51. The van der Waals surface area contributed by atoms with Crippen LogP contribution in [0.2, 0.25) is 0 Å². The monoisotopic (exact) mass is 302 g/mol. The van der Waals surface area contributed by atoms with Crippen LogP contribution in [0.15, 0.2) is 30.3 Å². The first-order valence-corrected chi connectivity index (χ1v) is 7.65. The number of para-hydroxylation sites is 1. The molecule has 0 saturated heterocycles. The van der Waals surface area contributed by atoms with Crippen molar-refractivity contribution in [1.82, 2.24) is 9.88 Å². The van der Waals surface area contributed by atoms with Crippen LogP contribution in [0.5, 0.6) is 0 Å². The van der Waals surface area contributed by atoms with Gasteiger partial charge >= 0.3 is 5.97 Å². The van der Waals surface area contributed by atoms with E-state index in [0.717, 1.165) is 12.2 Å². The molecule has 0 aliphatic carbocycles. The standard InChI is InChI=1S/C17H22N2O3/c1-3-19-14(11-13-7-5-6-8-15(13)19)12-18-16(20)9-10-17(21)22-4-2/h5-8,11H,3-4,9-10,12H2,1-2H3,(H,18,20). The Labute approximate surface area is 130 Å². The number of carbonyl (C=O) groups is 2. The van der Waals surface area contributed by atoms with Gasteiger partial charge < -0.3 is 14.6 Å². The van der Waals surface area contributed by atoms with Crippen molar-refractivity contribution in [2.75, 3.05) is 6.61 Å². The van der Waals surface area contributed by atoms with E-state index in [4.69, 9.17) is 4.74 Å². The Hall–Kier alpha value is -2.30. The van der Waals surface area contributed by atoms with Crippen molar-refractivity contribution in [3.05, 3.63) is 36.0 Å². The minimum Gasteiger partial charge on any atom is -0.466 e. The topological polar surface area (TPSA) is 60.3 Å². The van der Waals surface area contributed by atoms with Crippen LogP contribution < -0.4 is 5.32 Å². The van der Waals surface area contributed by atoms with Gasteiger partial charge in [0, 0.05) is 24.2 Å². The Morgan fingerprint density at radius 2 is 1.95 bits per heavy atom. The van der Waals surface area contributed by atoms with Crippen LogP contribution in [0.4, 0.5) is 0 Å². The number of nitrogens with one attached hydrogen (secondary N) is 1. The number of rotatable bonds is 7. The molecule has 2 rings (SSSR count). The maximum atomic E-state index is 11.8. The number of hydrogen-bond donors (Lipinski definition) is 1. The predicted octanol–water partition coefficient (Wildman–Crippen LogP) is 2.62. The summed E-state index contributed by atoms with van der Waals surface area (Å²) in [7, 11) is 0. The van der Waals surface area contributed by atoms with E-state index in [1.54, 1.807) is 6.92 Å². The zero-order valence-electron chi connectivity index (χ0n) is 13.1. The molecule has 1 aromatic carbocycles. The molecule has 5 heteroatoms. The van der Waals surface area contributed by atoms with E-state index in [9.17, 15) is 9.59 Å². The third kappa shape index (κ3) is 3.87. The van der Waals surface area contributed by atoms with Gasteiger partial charge in [-0.3, -0.25) is 9.59 Å². The minimum atomic E-state index is -0.333. The highest BCUT2D eigenvalue weighted by atomic mass is 16.5. The van der Waals surface area contributed by atoms with Gasteiger partial charge in [0.1, 0.15) is 0 Å². The molecule has 0 bridgehead atoms. The molecule has 0 aliphatic heterocycles. The third-order valence-electron chi connectivity index (χ3n) is 3.54. The summed E-state index contributed by atoms with van der Waals surface area (Å²) in [5, 5.41) is 4.03. The van der Waals surface area contributed by atoms with Crippen molar-refractivity contribution >= 4 is 22.8 Å². The Balaban J connectivity index is 1.94. The summed E-state index contributed by atoms with van der Waals surface area (Å²) in [6.45, 7) is 5.49. The highest BCUT2D eigenvalue weighted by molar-refractivity contribution is 5.83. The Morgan fingerprint density at radius 3 is 2.68 bits per heavy atom. The molecule has 0 unspecified atom stereocenters. The number of aryl methyl sites for hydroxylation is 1. The number of hydrogen-bond acceptors (Lipinski definition) is 3. The van der Waals surface area contributed by atoms with Crippen LogP contribution >= 0.6 is 0 Å². The van der Waals surface area contributed by atoms with Crippen molar-refractivity contribution < 1.29 is 14.3 Å². The van der Waals surface area contributed by atoms with E-state index in [2.05, 4.69) is 35.0 Å². The van der Waals surface area contributed by atoms with Crippen LogP contribution in [0.25, 0.3) is 10.9 Å². The van der Waals surface area contributed by atoms with Gasteiger partial charge in [0.05, 0.1) is 19.6 Å². The lowest BCUT2D eigenvalue weighted by molar-refractivity contribution is -0.144. The predicted molar refractivity (Wildman–Crippen MR) is 85.3 cm³/mol. The molecule has 0 spiro atoms. The maximum Gasteiger partial charge on any atom is 0.306 e. The second-order valence-electron chi connectivity index (χ2n) is 5.02. The number of benzene rings is 1. The zero-order valence-corrected chi connectivity index (χ0v) is 13.1. The number of nitrogens with zero attached hydrogens (tertiary/aromatic N) is 1. The summed E-state index contributed by atoms with van der Waals surface area (Å²) in [5.41, 5.74) is 2.23. The molecule has 1 N–H and O–H groups in total. The number of carbonyl (C=O) groups excluding carboxylic acids is 2. The van der Waals surface area contributed by atoms with E-state index < -0.39 is 0 Å². The van der Waals surface area contributed by atoms with E-state index >= 15 is 0 Å². The lowest BCUT2D eigenvalue weighted by atomic mass is 10.2. The molecule has 0 saturated carbocycles. The van der Waals surface area contributed by atoms with Gasteiger partial charge in [0.25, 0.3) is 0 Å². The van der Waals surface area contributed by atoms with Crippen LogP contribution in [-0.4, -0.2) is 23.1 Å². The van der Waals surface area contributed by atoms with E-state index in [-0.39, 0.29) is 24.7 Å². The van der Waals surface area contributed by atoms with Gasteiger partial charge in [0.2, 0.25) is 5.91 Å². The van der Waals surface area contributed by atoms with Gasteiger partial charge in [-0.05, 0) is 31.4 Å². The van der Waals surface area contributed by atoms with Gasteiger partial charge in [-0.1, -0.05) is 18.2 Å². The normalized spacial score (nSPS) is 10.6. The van der Waals surface area contributed by atoms with Crippen molar-refractivity contribution in [1.29, 1.82) is 0 Å². The Morgan fingerprint density at radius 1 is 1.18 bits per heavy atom. The van der Waals surface area contributed by atoms with Crippen LogP contribution in [-0.2, 0) is 27.4 Å². The fraction of sp³-hybridized carbons (Fsp3) is 0.412. The highest BCUT2D eigenvalue weighted by Gasteiger charge is 2.10. The van der Waals surface area contributed by atoms with Crippen molar-refractivity contribution in [3.63, 3.8) is 0 Å². The smallest absolute Gasteiger partial charge is 0.306 e. The molecule has 1 aromatic heterocycles. The summed E-state index contributed by atoms with van der Waals surface area (Å²) in [6.07, 6.45) is 0.279. The average Bonchev–Trinajstić information content (AvgIpc) is 2.88. The number of esters is 1. The maximum absolute atomic E-state index is 11.8. The van der Waals surface area contributed by atoms with Crippen molar-refractivity contribution in [3.8, 4) is 0 Å². The lowest BCUT2D eigenvalue weighted by Gasteiger charge is -2.09. The van der Waals surface area contributed by atoms with Gasteiger partial charge in [-0.15, -0.1) is 0 Å². The summed E-state index contributed by atoms with van der Waals surface area (Å²) < 4.78 is 6.99. The second kappa shape index (κ2) is 7.64. The summed E-state index contributed by atoms with van der Waals surface area (Å²) >= 11 is 0. The van der Waals surface area contributed by atoms with Crippen LogP contribution in [0.1, 0.15) is 32.4 Å². The number of ether oxygens (including phenoxy) is 1.